The van der Waals surface area contributed by atoms with E-state index in [-0.39, 0.29) is 17.6 Å². The van der Waals surface area contributed by atoms with Gasteiger partial charge in [0.1, 0.15) is 5.60 Å². The van der Waals surface area contributed by atoms with Crippen molar-refractivity contribution in [3.05, 3.63) is 0 Å². The standard InChI is InChI=1S/C11H20ClNO3/c1-11(2,3)16-10(14)13-6-5-9(15-4)8(12)7-13/h8-9H,5-7H2,1-4H3/t8-,9+/m0/s1. The smallest absolute Gasteiger partial charge is 0.410 e. The minimum Gasteiger partial charge on any atom is -0.444 e. The second-order valence-electron chi connectivity index (χ2n) is 5.01. The van der Waals surface area contributed by atoms with Crippen LogP contribution >= 0.6 is 11.6 Å². The summed E-state index contributed by atoms with van der Waals surface area (Å²) >= 11 is 6.12. The number of hydrogen-bond acceptors (Lipinski definition) is 3. The molecule has 0 bridgehead atoms. The van der Waals surface area contributed by atoms with Gasteiger partial charge in [0.15, 0.2) is 0 Å². The topological polar surface area (TPSA) is 38.8 Å². The molecule has 5 heteroatoms. The normalized spacial score (nSPS) is 26.7. The summed E-state index contributed by atoms with van der Waals surface area (Å²) in [5.41, 5.74) is -0.461. The summed E-state index contributed by atoms with van der Waals surface area (Å²) in [5, 5.41) is -0.161. The van der Waals surface area contributed by atoms with Gasteiger partial charge in [-0.25, -0.2) is 4.79 Å². The van der Waals surface area contributed by atoms with Crippen LogP contribution in [-0.4, -0.2) is 48.3 Å². The molecule has 0 aromatic heterocycles. The van der Waals surface area contributed by atoms with Crippen LogP contribution in [0.15, 0.2) is 0 Å². The molecule has 1 aliphatic rings. The Kier molecular flexibility index (Phi) is 4.44. The van der Waals surface area contributed by atoms with Gasteiger partial charge in [-0.1, -0.05) is 0 Å². The number of alkyl halides is 1. The zero-order chi connectivity index (χ0) is 12.3. The number of piperidine rings is 1. The highest BCUT2D eigenvalue weighted by Crippen LogP contribution is 2.20. The molecule has 1 saturated heterocycles. The first kappa shape index (κ1) is 13.6. The summed E-state index contributed by atoms with van der Waals surface area (Å²) in [6.45, 7) is 6.67. The van der Waals surface area contributed by atoms with E-state index in [1.807, 2.05) is 20.8 Å². The van der Waals surface area contributed by atoms with Crippen molar-refractivity contribution in [3.63, 3.8) is 0 Å². The number of hydrogen-bond donors (Lipinski definition) is 0. The summed E-state index contributed by atoms with van der Waals surface area (Å²) in [6.07, 6.45) is 0.484. The number of halogens is 1. The average molecular weight is 250 g/mol. The van der Waals surface area contributed by atoms with Gasteiger partial charge in [0.25, 0.3) is 0 Å². The van der Waals surface area contributed by atoms with Crippen molar-refractivity contribution in [2.75, 3.05) is 20.2 Å². The summed E-state index contributed by atoms with van der Waals surface area (Å²) in [4.78, 5) is 13.4. The fraction of sp³-hybridized carbons (Fsp3) is 0.909. The fourth-order valence-electron chi connectivity index (χ4n) is 1.64. The Morgan fingerprint density at radius 3 is 2.50 bits per heavy atom. The van der Waals surface area contributed by atoms with Crippen molar-refractivity contribution in [1.29, 1.82) is 0 Å². The van der Waals surface area contributed by atoms with E-state index in [0.717, 1.165) is 6.42 Å². The monoisotopic (exact) mass is 249 g/mol. The molecule has 4 nitrogen and oxygen atoms in total. The second kappa shape index (κ2) is 5.23. The number of nitrogens with zero attached hydrogens (tertiary/aromatic N) is 1. The highest BCUT2D eigenvalue weighted by Gasteiger charge is 2.32. The van der Waals surface area contributed by atoms with Gasteiger partial charge in [0.2, 0.25) is 0 Å². The predicted molar refractivity (Wildman–Crippen MR) is 62.9 cm³/mol. The van der Waals surface area contributed by atoms with E-state index in [1.54, 1.807) is 12.0 Å². The molecule has 0 aromatic carbocycles. The molecule has 2 atom stereocenters. The molecular formula is C11H20ClNO3. The number of ether oxygens (including phenoxy) is 2. The number of amides is 1. The van der Waals surface area contributed by atoms with Gasteiger partial charge >= 0.3 is 6.09 Å². The van der Waals surface area contributed by atoms with Crippen LogP contribution in [0.1, 0.15) is 27.2 Å². The van der Waals surface area contributed by atoms with Gasteiger partial charge < -0.3 is 14.4 Å². The molecule has 0 radical (unpaired) electrons. The van der Waals surface area contributed by atoms with Crippen LogP contribution in [0.4, 0.5) is 4.79 Å². The van der Waals surface area contributed by atoms with Crippen LogP contribution in [0.5, 0.6) is 0 Å². The Balaban J connectivity index is 2.48. The van der Waals surface area contributed by atoms with Crippen LogP contribution in [0.25, 0.3) is 0 Å². The number of likely N-dealkylation sites (tertiary alicyclic amines) is 1. The minimum atomic E-state index is -0.461. The molecule has 1 fully saturated rings. The third-order valence-electron chi connectivity index (χ3n) is 2.44. The van der Waals surface area contributed by atoms with E-state index in [1.165, 1.54) is 0 Å². The average Bonchev–Trinajstić information content (AvgIpc) is 2.15. The number of methoxy groups -OCH3 is 1. The zero-order valence-electron chi connectivity index (χ0n) is 10.3. The molecule has 0 spiro atoms. The van der Waals surface area contributed by atoms with Crippen molar-refractivity contribution in [1.82, 2.24) is 4.90 Å². The lowest BCUT2D eigenvalue weighted by molar-refractivity contribution is 0.00322. The van der Waals surface area contributed by atoms with Crippen LogP contribution < -0.4 is 0 Å². The van der Waals surface area contributed by atoms with E-state index in [4.69, 9.17) is 21.1 Å². The Bertz CT molecular complexity index is 252. The maximum absolute atomic E-state index is 11.8. The van der Waals surface area contributed by atoms with Crippen molar-refractivity contribution in [3.8, 4) is 0 Å². The summed E-state index contributed by atoms with van der Waals surface area (Å²) in [5.74, 6) is 0. The summed E-state index contributed by atoms with van der Waals surface area (Å²) < 4.78 is 10.5. The first-order chi connectivity index (χ1) is 7.33. The Hall–Kier alpha value is -0.480. The van der Waals surface area contributed by atoms with Crippen LogP contribution in [0, 0.1) is 0 Å². The molecule has 1 amide bonds. The van der Waals surface area contributed by atoms with Crippen molar-refractivity contribution >= 4 is 17.7 Å². The third kappa shape index (κ3) is 3.83. The maximum Gasteiger partial charge on any atom is 0.410 e. The van der Waals surface area contributed by atoms with E-state index >= 15 is 0 Å². The zero-order valence-corrected chi connectivity index (χ0v) is 11.1. The molecule has 1 heterocycles. The SMILES string of the molecule is CO[C@@H]1CCN(C(=O)OC(C)(C)C)C[C@@H]1Cl. The quantitative estimate of drug-likeness (QED) is 0.669. The molecule has 16 heavy (non-hydrogen) atoms. The number of carbonyl (C=O) groups excluding carboxylic acids is 1. The predicted octanol–water partition coefficient (Wildman–Crippen LogP) is 2.25. The molecule has 1 aliphatic heterocycles. The van der Waals surface area contributed by atoms with Gasteiger partial charge in [-0.3, -0.25) is 0 Å². The molecule has 1 rings (SSSR count). The van der Waals surface area contributed by atoms with Crippen molar-refractivity contribution in [2.45, 2.75) is 44.3 Å². The molecule has 0 saturated carbocycles. The van der Waals surface area contributed by atoms with Crippen molar-refractivity contribution in [2.24, 2.45) is 0 Å². The number of rotatable bonds is 1. The van der Waals surface area contributed by atoms with Crippen molar-refractivity contribution < 1.29 is 14.3 Å². The first-order valence-electron chi connectivity index (χ1n) is 5.48. The van der Waals surface area contributed by atoms with Crippen LogP contribution in [-0.2, 0) is 9.47 Å². The maximum atomic E-state index is 11.8. The molecule has 94 valence electrons. The molecular weight excluding hydrogens is 230 g/mol. The number of carbonyl (C=O) groups is 1. The minimum absolute atomic E-state index is 0.0281. The van der Waals surface area contributed by atoms with Gasteiger partial charge in [-0.15, -0.1) is 11.6 Å². The second-order valence-corrected chi connectivity index (χ2v) is 5.57. The molecule has 0 N–H and O–H groups in total. The largest absolute Gasteiger partial charge is 0.444 e. The van der Waals surface area contributed by atoms with Gasteiger partial charge in [-0.2, -0.15) is 0 Å². The Morgan fingerprint density at radius 2 is 2.06 bits per heavy atom. The lowest BCUT2D eigenvalue weighted by atomic mass is 10.1. The third-order valence-corrected chi connectivity index (χ3v) is 2.86. The van der Waals surface area contributed by atoms with E-state index in [2.05, 4.69) is 0 Å². The highest BCUT2D eigenvalue weighted by atomic mass is 35.5. The van der Waals surface area contributed by atoms with Gasteiger partial charge in [-0.05, 0) is 27.2 Å². The van der Waals surface area contributed by atoms with E-state index < -0.39 is 5.60 Å². The lowest BCUT2D eigenvalue weighted by Gasteiger charge is -2.35. The Labute approximate surface area is 102 Å². The van der Waals surface area contributed by atoms with E-state index in [0.29, 0.717) is 13.1 Å². The first-order valence-corrected chi connectivity index (χ1v) is 5.92. The summed E-state index contributed by atoms with van der Waals surface area (Å²) in [7, 11) is 1.64. The lowest BCUT2D eigenvalue weighted by Crippen LogP contribution is -2.48. The Morgan fingerprint density at radius 1 is 1.44 bits per heavy atom. The van der Waals surface area contributed by atoms with Crippen LogP contribution in [0.3, 0.4) is 0 Å². The fourth-order valence-corrected chi connectivity index (χ4v) is 2.04. The summed E-state index contributed by atoms with van der Waals surface area (Å²) in [6, 6.07) is 0. The molecule has 0 unspecified atom stereocenters. The van der Waals surface area contributed by atoms with E-state index in [9.17, 15) is 4.79 Å². The highest BCUT2D eigenvalue weighted by molar-refractivity contribution is 6.21. The van der Waals surface area contributed by atoms with Crippen LogP contribution in [0.2, 0.25) is 0 Å². The molecule has 0 aromatic rings. The van der Waals surface area contributed by atoms with Gasteiger partial charge in [0.05, 0.1) is 11.5 Å². The van der Waals surface area contributed by atoms with Gasteiger partial charge in [0, 0.05) is 20.2 Å². The molecule has 0 aliphatic carbocycles.